The second-order valence-corrected chi connectivity index (χ2v) is 7.63. The summed E-state index contributed by atoms with van der Waals surface area (Å²) < 4.78 is 5.79. The minimum atomic E-state index is -1.39. The quantitative estimate of drug-likeness (QED) is 0.655. The highest BCUT2D eigenvalue weighted by atomic mass is 16.5. The summed E-state index contributed by atoms with van der Waals surface area (Å²) in [5.41, 5.74) is -0.284. The molecular weight excluding hydrogens is 364 g/mol. The molecule has 4 rings (SSSR count). The summed E-state index contributed by atoms with van der Waals surface area (Å²) >= 11 is 0. The molecule has 5 atom stereocenters. The van der Waals surface area contributed by atoms with E-state index in [0.29, 0.717) is 13.1 Å². The molecule has 2 bridgehead atoms. The van der Waals surface area contributed by atoms with Crippen molar-refractivity contribution in [2.45, 2.75) is 24.3 Å². The molecule has 0 aliphatic carbocycles. The number of likely N-dealkylation sites (N-methyl/N-ethyl adjacent to an activating group) is 1. The highest BCUT2D eigenvalue weighted by Crippen LogP contribution is 2.54. The van der Waals surface area contributed by atoms with E-state index in [2.05, 4.69) is 0 Å². The highest BCUT2D eigenvalue weighted by Gasteiger charge is 2.73. The zero-order valence-corrected chi connectivity index (χ0v) is 15.4. The molecule has 28 heavy (non-hydrogen) atoms. The van der Waals surface area contributed by atoms with Crippen LogP contribution in [-0.2, 0) is 25.7 Å². The van der Waals surface area contributed by atoms with E-state index in [-0.39, 0.29) is 6.54 Å². The summed E-state index contributed by atoms with van der Waals surface area (Å²) in [6.07, 6.45) is 2.39. The maximum absolute atomic E-state index is 13.0. The lowest BCUT2D eigenvalue weighted by Gasteiger charge is -2.30. The predicted octanol–water partition coefficient (Wildman–Crippen LogP) is 0.438. The number of nitrogens with zero attached hydrogens (tertiary/aromatic N) is 2. The van der Waals surface area contributed by atoms with Gasteiger partial charge in [-0.15, -0.1) is 0 Å². The van der Waals surface area contributed by atoms with Crippen molar-refractivity contribution in [1.82, 2.24) is 9.80 Å². The number of amides is 1. The summed E-state index contributed by atoms with van der Waals surface area (Å²) in [7, 11) is 1.89. The van der Waals surface area contributed by atoms with Gasteiger partial charge in [-0.2, -0.15) is 0 Å². The number of carboxylic acids is 2. The predicted molar refractivity (Wildman–Crippen MR) is 97.3 cm³/mol. The van der Waals surface area contributed by atoms with Crippen LogP contribution in [0.5, 0.6) is 0 Å². The molecule has 5 unspecified atom stereocenters. The van der Waals surface area contributed by atoms with Gasteiger partial charge in [0.15, 0.2) is 6.04 Å². The number of rotatable bonds is 7. The van der Waals surface area contributed by atoms with Gasteiger partial charge in [-0.25, -0.2) is 4.79 Å². The third kappa shape index (κ3) is 2.71. The zero-order valence-electron chi connectivity index (χ0n) is 15.4. The molecule has 2 fully saturated rings. The van der Waals surface area contributed by atoms with Crippen molar-refractivity contribution >= 4 is 17.8 Å². The lowest BCUT2D eigenvalue weighted by atomic mass is 9.75. The summed E-state index contributed by atoms with van der Waals surface area (Å²) in [6, 6.07) is 8.59. The number of ether oxygens (including phenoxy) is 1. The van der Waals surface area contributed by atoms with E-state index in [4.69, 9.17) is 4.74 Å². The Kier molecular flexibility index (Phi) is 4.47. The molecule has 1 amide bonds. The van der Waals surface area contributed by atoms with Gasteiger partial charge >= 0.3 is 11.9 Å². The van der Waals surface area contributed by atoms with Crippen molar-refractivity contribution in [3.63, 3.8) is 0 Å². The van der Waals surface area contributed by atoms with Gasteiger partial charge in [0.25, 0.3) is 0 Å². The van der Waals surface area contributed by atoms with Crippen LogP contribution in [0.2, 0.25) is 0 Å². The van der Waals surface area contributed by atoms with Gasteiger partial charge in [0.2, 0.25) is 5.91 Å². The lowest BCUT2D eigenvalue weighted by molar-refractivity contribution is -0.153. The van der Waals surface area contributed by atoms with Crippen LogP contribution in [0.25, 0.3) is 0 Å². The summed E-state index contributed by atoms with van der Waals surface area (Å²) in [6.45, 7) is 1.30. The van der Waals surface area contributed by atoms with Crippen molar-refractivity contribution in [1.29, 1.82) is 0 Å². The molecule has 2 N–H and O–H groups in total. The van der Waals surface area contributed by atoms with Gasteiger partial charge in [0.05, 0.1) is 12.0 Å². The number of carbonyl (C=O) groups excluding carboxylic acids is 1. The molecule has 3 aliphatic rings. The number of fused-ring (bicyclic) bond motifs is 1. The van der Waals surface area contributed by atoms with Crippen molar-refractivity contribution in [3.05, 3.63) is 48.0 Å². The van der Waals surface area contributed by atoms with Crippen molar-refractivity contribution in [2.24, 2.45) is 11.8 Å². The van der Waals surface area contributed by atoms with Crippen molar-refractivity contribution in [2.75, 3.05) is 20.1 Å². The molecular formula is C20H22N2O6. The van der Waals surface area contributed by atoms with Crippen LogP contribution in [0.3, 0.4) is 0 Å². The Balaban J connectivity index is 1.53. The summed E-state index contributed by atoms with van der Waals surface area (Å²) in [5.74, 6) is -4.83. The molecule has 0 saturated carbocycles. The third-order valence-corrected chi connectivity index (χ3v) is 5.91. The van der Waals surface area contributed by atoms with Crippen LogP contribution in [0.4, 0.5) is 0 Å². The Hall–Kier alpha value is -2.71. The first kappa shape index (κ1) is 18.6. The van der Waals surface area contributed by atoms with Crippen LogP contribution < -0.4 is 0 Å². The van der Waals surface area contributed by atoms with E-state index in [1.165, 1.54) is 4.90 Å². The molecule has 3 heterocycles. The number of carbonyl (C=O) groups is 3. The monoisotopic (exact) mass is 386 g/mol. The Morgan fingerprint density at radius 1 is 1.21 bits per heavy atom. The third-order valence-electron chi connectivity index (χ3n) is 5.91. The second-order valence-electron chi connectivity index (χ2n) is 7.63. The number of benzene rings is 1. The minimum absolute atomic E-state index is 0.186. The molecule has 0 radical (unpaired) electrons. The Labute approximate surface area is 162 Å². The first-order valence-corrected chi connectivity index (χ1v) is 9.21. The van der Waals surface area contributed by atoms with Gasteiger partial charge in [0, 0.05) is 19.6 Å². The summed E-state index contributed by atoms with van der Waals surface area (Å²) in [5, 5.41) is 19.4. The fraction of sp³-hybridized carbons (Fsp3) is 0.450. The van der Waals surface area contributed by atoms with E-state index >= 15 is 0 Å². The second kappa shape index (κ2) is 6.72. The van der Waals surface area contributed by atoms with E-state index in [1.54, 1.807) is 12.2 Å². The molecule has 0 aromatic heterocycles. The van der Waals surface area contributed by atoms with Gasteiger partial charge in [-0.3, -0.25) is 9.59 Å². The first-order valence-electron chi connectivity index (χ1n) is 9.21. The van der Waals surface area contributed by atoms with Crippen LogP contribution in [0.15, 0.2) is 42.5 Å². The Morgan fingerprint density at radius 3 is 2.57 bits per heavy atom. The molecule has 3 aliphatic heterocycles. The number of aliphatic carboxylic acids is 2. The van der Waals surface area contributed by atoms with Crippen molar-refractivity contribution in [3.8, 4) is 0 Å². The molecule has 1 aromatic carbocycles. The van der Waals surface area contributed by atoms with E-state index in [0.717, 1.165) is 5.56 Å². The standard InChI is InChI=1S/C20H22N2O6/c1-21(11-12-5-3-2-4-6-12)9-10-22-16(19(26)27)20-8-7-13(28-20)14(18(24)25)15(20)17(22)23/h2-8,13-16H,9-11H2,1H3,(H,24,25)(H,26,27). The van der Waals surface area contributed by atoms with Crippen LogP contribution >= 0.6 is 0 Å². The van der Waals surface area contributed by atoms with Crippen LogP contribution in [-0.4, -0.2) is 75.7 Å². The molecule has 8 nitrogen and oxygen atoms in total. The lowest BCUT2D eigenvalue weighted by Crippen LogP contribution is -2.51. The minimum Gasteiger partial charge on any atom is -0.481 e. The zero-order chi connectivity index (χ0) is 20.1. The maximum Gasteiger partial charge on any atom is 0.329 e. The number of hydrogen-bond donors (Lipinski definition) is 2. The van der Waals surface area contributed by atoms with Gasteiger partial charge in [0.1, 0.15) is 11.5 Å². The van der Waals surface area contributed by atoms with Crippen molar-refractivity contribution < 1.29 is 29.3 Å². The Morgan fingerprint density at radius 2 is 1.93 bits per heavy atom. The normalized spacial score (nSPS) is 32.9. The first-order chi connectivity index (χ1) is 13.3. The summed E-state index contributed by atoms with van der Waals surface area (Å²) in [4.78, 5) is 40.0. The smallest absolute Gasteiger partial charge is 0.329 e. The van der Waals surface area contributed by atoms with E-state index in [9.17, 15) is 24.6 Å². The average Bonchev–Trinajstić information content (AvgIpc) is 3.28. The molecule has 148 valence electrons. The number of carboxylic acid groups (broad SMARTS) is 2. The molecule has 1 aromatic rings. The van der Waals surface area contributed by atoms with Crippen LogP contribution in [0.1, 0.15) is 5.56 Å². The van der Waals surface area contributed by atoms with E-state index < -0.39 is 47.4 Å². The molecule has 8 heteroatoms. The maximum atomic E-state index is 13.0. The molecule has 1 spiro atoms. The number of hydrogen-bond acceptors (Lipinski definition) is 5. The number of likely N-dealkylation sites (tertiary alicyclic amines) is 1. The highest BCUT2D eigenvalue weighted by molar-refractivity contribution is 5.97. The SMILES string of the molecule is CN(CCN1C(=O)C2C(C(=O)O)C3C=CC2(O3)C1C(=O)O)Cc1ccccc1. The van der Waals surface area contributed by atoms with Crippen LogP contribution in [0, 0.1) is 11.8 Å². The molecule has 2 saturated heterocycles. The van der Waals surface area contributed by atoms with Gasteiger partial charge in [-0.05, 0) is 12.6 Å². The van der Waals surface area contributed by atoms with E-state index in [1.807, 2.05) is 42.3 Å². The fourth-order valence-corrected chi connectivity index (χ4v) is 4.72. The topological polar surface area (TPSA) is 107 Å². The van der Waals surface area contributed by atoms with Gasteiger partial charge < -0.3 is 24.7 Å². The fourth-order valence-electron chi connectivity index (χ4n) is 4.72. The van der Waals surface area contributed by atoms with Gasteiger partial charge in [-0.1, -0.05) is 42.5 Å². The average molecular weight is 386 g/mol. The Bertz CT molecular complexity index is 840. The largest absolute Gasteiger partial charge is 0.481 e.